The van der Waals surface area contributed by atoms with Crippen molar-refractivity contribution in [2.75, 3.05) is 0 Å². The lowest BCUT2D eigenvalue weighted by Crippen LogP contribution is -2.00. The molecule has 0 spiro atoms. The van der Waals surface area contributed by atoms with Crippen LogP contribution < -0.4 is 4.74 Å². The quantitative estimate of drug-likeness (QED) is 0.245. The van der Waals surface area contributed by atoms with E-state index >= 15 is 0 Å². The summed E-state index contributed by atoms with van der Waals surface area (Å²) in [6.45, 7) is 2.47. The van der Waals surface area contributed by atoms with E-state index < -0.39 is 0 Å². The zero-order valence-corrected chi connectivity index (χ0v) is 18.6. The van der Waals surface area contributed by atoms with Crippen molar-refractivity contribution < 1.29 is 4.74 Å². The van der Waals surface area contributed by atoms with Crippen molar-refractivity contribution >= 4 is 29.6 Å². The molecule has 0 aliphatic heterocycles. The second-order valence-corrected chi connectivity index (χ2v) is 8.24. The van der Waals surface area contributed by atoms with Gasteiger partial charge in [-0.2, -0.15) is 9.78 Å². The summed E-state index contributed by atoms with van der Waals surface area (Å²) >= 11 is 7.82. The van der Waals surface area contributed by atoms with Crippen LogP contribution >= 0.6 is 23.4 Å². The Labute approximate surface area is 190 Å². The van der Waals surface area contributed by atoms with Crippen LogP contribution in [0.3, 0.4) is 0 Å². The van der Waals surface area contributed by atoms with Crippen molar-refractivity contribution in [1.29, 1.82) is 0 Å². The highest BCUT2D eigenvalue weighted by atomic mass is 35.5. The third-order valence-corrected chi connectivity index (χ3v) is 5.94. The molecule has 0 amide bonds. The van der Waals surface area contributed by atoms with Gasteiger partial charge in [-0.05, 0) is 30.7 Å². The first-order chi connectivity index (χ1) is 15.2. The minimum absolute atomic E-state index is 0.384. The molecule has 0 unspecified atom stereocenters. The summed E-state index contributed by atoms with van der Waals surface area (Å²) in [7, 11) is 0. The zero-order valence-electron chi connectivity index (χ0n) is 17.0. The SMILES string of the molecule is Cc1ccc(CSc2nncn2/N=C/c2ccccc2OCc2ccccc2Cl)cc1. The van der Waals surface area contributed by atoms with Crippen LogP contribution in [0.2, 0.25) is 5.02 Å². The van der Waals surface area contributed by atoms with Crippen molar-refractivity contribution in [3.8, 4) is 5.75 Å². The second kappa shape index (κ2) is 10.3. The normalized spacial score (nSPS) is 11.2. The molecular formula is C24H21ClN4OS. The molecule has 0 bridgehead atoms. The second-order valence-electron chi connectivity index (χ2n) is 6.89. The molecule has 156 valence electrons. The van der Waals surface area contributed by atoms with E-state index in [0.717, 1.165) is 27.8 Å². The van der Waals surface area contributed by atoms with Gasteiger partial charge in [0.2, 0.25) is 5.16 Å². The number of aromatic nitrogens is 3. The minimum atomic E-state index is 0.384. The Balaban J connectivity index is 1.44. The number of nitrogens with zero attached hydrogens (tertiary/aromatic N) is 4. The first-order valence-electron chi connectivity index (χ1n) is 9.77. The van der Waals surface area contributed by atoms with Crippen molar-refractivity contribution in [2.24, 2.45) is 5.10 Å². The largest absolute Gasteiger partial charge is 0.488 e. The van der Waals surface area contributed by atoms with Crippen LogP contribution in [0.25, 0.3) is 0 Å². The van der Waals surface area contributed by atoms with Crippen LogP contribution in [-0.4, -0.2) is 21.1 Å². The number of ether oxygens (including phenoxy) is 1. The number of para-hydroxylation sites is 1. The molecule has 0 radical (unpaired) electrons. The highest BCUT2D eigenvalue weighted by Gasteiger charge is 2.07. The first-order valence-corrected chi connectivity index (χ1v) is 11.1. The van der Waals surface area contributed by atoms with E-state index in [1.807, 2.05) is 48.5 Å². The summed E-state index contributed by atoms with van der Waals surface area (Å²) < 4.78 is 7.67. The van der Waals surface area contributed by atoms with Crippen LogP contribution in [0, 0.1) is 6.92 Å². The number of rotatable bonds is 8. The number of benzene rings is 3. The minimum Gasteiger partial charge on any atom is -0.488 e. The van der Waals surface area contributed by atoms with Crippen LogP contribution in [0.5, 0.6) is 5.75 Å². The molecule has 0 atom stereocenters. The van der Waals surface area contributed by atoms with Crippen molar-refractivity contribution in [3.05, 3.63) is 106 Å². The molecule has 0 aliphatic rings. The molecular weight excluding hydrogens is 428 g/mol. The topological polar surface area (TPSA) is 52.3 Å². The van der Waals surface area contributed by atoms with E-state index in [2.05, 4.69) is 46.5 Å². The average molecular weight is 449 g/mol. The monoisotopic (exact) mass is 448 g/mol. The molecule has 4 rings (SSSR count). The molecule has 0 aliphatic carbocycles. The molecule has 0 fully saturated rings. The maximum atomic E-state index is 6.23. The van der Waals surface area contributed by atoms with Gasteiger partial charge in [-0.25, -0.2) is 0 Å². The molecule has 1 aromatic heterocycles. The van der Waals surface area contributed by atoms with Gasteiger partial charge in [0, 0.05) is 21.9 Å². The molecule has 5 nitrogen and oxygen atoms in total. The molecule has 0 saturated carbocycles. The van der Waals surface area contributed by atoms with E-state index in [0.29, 0.717) is 11.6 Å². The van der Waals surface area contributed by atoms with Gasteiger partial charge in [0.15, 0.2) is 0 Å². The highest BCUT2D eigenvalue weighted by molar-refractivity contribution is 7.98. The average Bonchev–Trinajstić information content (AvgIpc) is 3.25. The Morgan fingerprint density at radius 2 is 1.81 bits per heavy atom. The van der Waals surface area contributed by atoms with Crippen LogP contribution in [0.15, 0.2) is 89.4 Å². The van der Waals surface area contributed by atoms with E-state index in [-0.39, 0.29) is 0 Å². The summed E-state index contributed by atoms with van der Waals surface area (Å²) in [6.07, 6.45) is 3.35. The Bertz CT molecular complexity index is 1170. The van der Waals surface area contributed by atoms with Gasteiger partial charge in [0.05, 0.1) is 6.21 Å². The number of hydrogen-bond acceptors (Lipinski definition) is 5. The van der Waals surface area contributed by atoms with Gasteiger partial charge in [-0.1, -0.05) is 83.5 Å². The van der Waals surface area contributed by atoms with Crippen molar-refractivity contribution in [2.45, 2.75) is 24.4 Å². The van der Waals surface area contributed by atoms with Gasteiger partial charge in [0.1, 0.15) is 18.7 Å². The fourth-order valence-corrected chi connectivity index (χ4v) is 3.85. The van der Waals surface area contributed by atoms with Gasteiger partial charge in [0.25, 0.3) is 0 Å². The third-order valence-electron chi connectivity index (χ3n) is 4.57. The van der Waals surface area contributed by atoms with Gasteiger partial charge >= 0.3 is 0 Å². The van der Waals surface area contributed by atoms with Gasteiger partial charge < -0.3 is 4.74 Å². The Morgan fingerprint density at radius 3 is 2.65 bits per heavy atom. The molecule has 1 heterocycles. The predicted molar refractivity (Wildman–Crippen MR) is 126 cm³/mol. The molecule has 7 heteroatoms. The summed E-state index contributed by atoms with van der Waals surface area (Å²) in [5.41, 5.74) is 4.27. The van der Waals surface area contributed by atoms with Crippen molar-refractivity contribution in [3.63, 3.8) is 0 Å². The zero-order chi connectivity index (χ0) is 21.5. The lowest BCUT2D eigenvalue weighted by atomic mass is 10.2. The molecule has 4 aromatic rings. The Kier molecular flexibility index (Phi) is 7.02. The number of thioether (sulfide) groups is 1. The van der Waals surface area contributed by atoms with E-state index in [1.165, 1.54) is 11.1 Å². The summed E-state index contributed by atoms with van der Waals surface area (Å²) in [6, 6.07) is 23.9. The van der Waals surface area contributed by atoms with E-state index in [9.17, 15) is 0 Å². The Morgan fingerprint density at radius 1 is 1.03 bits per heavy atom. The number of halogens is 1. The van der Waals surface area contributed by atoms with Crippen molar-refractivity contribution in [1.82, 2.24) is 14.9 Å². The standard InChI is InChI=1S/C24H21ClN4OS/c1-18-10-12-19(13-11-18)16-31-24-28-26-17-29(24)27-14-20-6-3-5-9-23(20)30-15-21-7-2-4-8-22(21)25/h2-14,17H,15-16H2,1H3/b27-14+. The molecule has 31 heavy (non-hydrogen) atoms. The maximum absolute atomic E-state index is 6.23. The maximum Gasteiger partial charge on any atom is 0.212 e. The summed E-state index contributed by atoms with van der Waals surface area (Å²) in [5, 5.41) is 14.1. The lowest BCUT2D eigenvalue weighted by Gasteiger charge is -2.10. The third kappa shape index (κ3) is 5.75. The molecule has 0 N–H and O–H groups in total. The molecule has 3 aromatic carbocycles. The predicted octanol–water partition coefficient (Wildman–Crippen LogP) is 5.99. The van der Waals surface area contributed by atoms with Gasteiger partial charge in [-0.3, -0.25) is 0 Å². The Hall–Kier alpha value is -3.09. The summed E-state index contributed by atoms with van der Waals surface area (Å²) in [5.74, 6) is 1.53. The highest BCUT2D eigenvalue weighted by Crippen LogP contribution is 2.23. The fourth-order valence-electron chi connectivity index (χ4n) is 2.84. The van der Waals surface area contributed by atoms with E-state index in [4.69, 9.17) is 16.3 Å². The fraction of sp³-hybridized carbons (Fsp3) is 0.125. The summed E-state index contributed by atoms with van der Waals surface area (Å²) in [4.78, 5) is 0. The smallest absolute Gasteiger partial charge is 0.212 e. The molecule has 0 saturated heterocycles. The van der Waals surface area contributed by atoms with Crippen LogP contribution in [-0.2, 0) is 12.4 Å². The first kappa shape index (κ1) is 21.2. The number of aryl methyl sites for hydroxylation is 1. The van der Waals surface area contributed by atoms with Crippen LogP contribution in [0.1, 0.15) is 22.3 Å². The lowest BCUT2D eigenvalue weighted by molar-refractivity contribution is 0.306. The van der Waals surface area contributed by atoms with E-state index in [1.54, 1.807) is 29.0 Å². The van der Waals surface area contributed by atoms with Crippen LogP contribution in [0.4, 0.5) is 0 Å². The van der Waals surface area contributed by atoms with Gasteiger partial charge in [-0.15, -0.1) is 10.2 Å². The number of hydrogen-bond donors (Lipinski definition) is 0.